The normalized spacial score (nSPS) is 17.4. The molecule has 1 aromatic heterocycles. The Balaban J connectivity index is 2.01. The zero-order chi connectivity index (χ0) is 12.5. The molecule has 0 spiro atoms. The first-order chi connectivity index (χ1) is 8.81. The molecule has 1 aliphatic carbocycles. The fourth-order valence-electron chi connectivity index (χ4n) is 2.64. The molecular weight excluding hydrogens is 228 g/mol. The maximum atomic E-state index is 11.8. The van der Waals surface area contributed by atoms with Crippen LogP contribution in [0, 0.1) is 0 Å². The fraction of sp³-hybridized carbons (Fsp3) is 0.429. The van der Waals surface area contributed by atoms with E-state index in [1.165, 1.54) is 11.3 Å². The van der Waals surface area contributed by atoms with Crippen LogP contribution in [0.3, 0.4) is 0 Å². The van der Waals surface area contributed by atoms with Gasteiger partial charge in [-0.2, -0.15) is 0 Å². The van der Waals surface area contributed by atoms with Gasteiger partial charge in [-0.15, -0.1) is 0 Å². The van der Waals surface area contributed by atoms with E-state index in [0.717, 1.165) is 31.4 Å². The Hall–Kier alpha value is -1.84. The second kappa shape index (κ2) is 4.44. The number of ether oxygens (including phenoxy) is 1. The Bertz CT molecular complexity index is 552. The van der Waals surface area contributed by atoms with E-state index in [9.17, 15) is 4.79 Å². The van der Waals surface area contributed by atoms with E-state index in [0.29, 0.717) is 12.3 Å². The molecule has 18 heavy (non-hydrogen) atoms. The highest BCUT2D eigenvalue weighted by atomic mass is 16.5. The quantitative estimate of drug-likeness (QED) is 0.751. The van der Waals surface area contributed by atoms with Gasteiger partial charge in [-0.1, -0.05) is 12.2 Å². The Morgan fingerprint density at radius 1 is 1.39 bits per heavy atom. The molecule has 4 nitrogen and oxygen atoms in total. The smallest absolute Gasteiger partial charge is 0.358 e. The number of esters is 1. The molecule has 0 saturated heterocycles. The molecule has 3 rings (SSSR count). The molecular formula is C14H16N2O2. The predicted molar refractivity (Wildman–Crippen MR) is 68.1 cm³/mol. The van der Waals surface area contributed by atoms with Crippen molar-refractivity contribution in [1.82, 2.24) is 9.55 Å². The second-order valence-corrected chi connectivity index (χ2v) is 4.53. The van der Waals surface area contributed by atoms with E-state index in [1.807, 2.05) is 11.5 Å². The summed E-state index contributed by atoms with van der Waals surface area (Å²) >= 11 is 0. The van der Waals surface area contributed by atoms with Gasteiger partial charge in [0.2, 0.25) is 0 Å². The van der Waals surface area contributed by atoms with Crippen LogP contribution in [0.2, 0.25) is 0 Å². The van der Waals surface area contributed by atoms with Gasteiger partial charge in [0.05, 0.1) is 12.3 Å². The summed E-state index contributed by atoms with van der Waals surface area (Å²) in [6, 6.07) is 0. The van der Waals surface area contributed by atoms with Gasteiger partial charge in [0.1, 0.15) is 6.33 Å². The molecule has 0 unspecified atom stereocenters. The maximum absolute atomic E-state index is 11.8. The van der Waals surface area contributed by atoms with E-state index in [1.54, 1.807) is 6.33 Å². The third-order valence-corrected chi connectivity index (χ3v) is 3.45. The molecule has 0 radical (unpaired) electrons. The summed E-state index contributed by atoms with van der Waals surface area (Å²) in [5.41, 5.74) is 4.04. The van der Waals surface area contributed by atoms with Crippen molar-refractivity contribution in [1.29, 1.82) is 0 Å². The monoisotopic (exact) mass is 244 g/mol. The van der Waals surface area contributed by atoms with Gasteiger partial charge in [0.25, 0.3) is 0 Å². The van der Waals surface area contributed by atoms with Crippen molar-refractivity contribution in [2.45, 2.75) is 32.6 Å². The van der Waals surface area contributed by atoms with E-state index < -0.39 is 0 Å². The molecule has 4 heteroatoms. The van der Waals surface area contributed by atoms with Gasteiger partial charge in [0.15, 0.2) is 5.69 Å². The number of nitrogens with zero attached hydrogens (tertiary/aromatic N) is 2. The lowest BCUT2D eigenvalue weighted by Gasteiger charge is -2.24. The zero-order valence-corrected chi connectivity index (χ0v) is 10.5. The van der Waals surface area contributed by atoms with Crippen molar-refractivity contribution in [2.24, 2.45) is 0 Å². The fourth-order valence-corrected chi connectivity index (χ4v) is 2.64. The van der Waals surface area contributed by atoms with Crippen molar-refractivity contribution in [3.63, 3.8) is 0 Å². The number of rotatable bonds is 2. The molecule has 1 aromatic rings. The molecule has 0 N–H and O–H groups in total. The lowest BCUT2D eigenvalue weighted by atomic mass is 9.94. The standard InChI is InChI=1S/C14H16N2O2/c1-2-18-14(17)13-12-8-7-10-5-3-4-6-11(10)16(12)9-15-13/h5-6,9H,2-4,7-8H2,1H3. The van der Waals surface area contributed by atoms with Crippen LogP contribution in [-0.2, 0) is 11.2 Å². The second-order valence-electron chi connectivity index (χ2n) is 4.53. The molecule has 2 heterocycles. The number of fused-ring (bicyclic) bond motifs is 3. The van der Waals surface area contributed by atoms with Gasteiger partial charge in [-0.25, -0.2) is 9.78 Å². The van der Waals surface area contributed by atoms with E-state index in [4.69, 9.17) is 4.74 Å². The average Bonchev–Trinajstić information content (AvgIpc) is 2.83. The largest absolute Gasteiger partial charge is 0.461 e. The molecule has 0 fully saturated rings. The maximum Gasteiger partial charge on any atom is 0.358 e. The molecule has 1 aliphatic heterocycles. The highest BCUT2D eigenvalue weighted by Crippen LogP contribution is 2.33. The van der Waals surface area contributed by atoms with Gasteiger partial charge in [-0.05, 0) is 38.2 Å². The predicted octanol–water partition coefficient (Wildman–Crippen LogP) is 2.57. The lowest BCUT2D eigenvalue weighted by Crippen LogP contribution is -2.16. The van der Waals surface area contributed by atoms with Gasteiger partial charge in [-0.3, -0.25) is 0 Å². The summed E-state index contributed by atoms with van der Waals surface area (Å²) in [6.45, 7) is 2.20. The molecule has 0 amide bonds. The summed E-state index contributed by atoms with van der Waals surface area (Å²) < 4.78 is 7.08. The van der Waals surface area contributed by atoms with Crippen LogP contribution >= 0.6 is 0 Å². The number of hydrogen-bond acceptors (Lipinski definition) is 3. The van der Waals surface area contributed by atoms with Crippen LogP contribution < -0.4 is 0 Å². The first-order valence-electron chi connectivity index (χ1n) is 6.44. The minimum atomic E-state index is -0.310. The van der Waals surface area contributed by atoms with Gasteiger partial charge < -0.3 is 9.30 Å². The Morgan fingerprint density at radius 3 is 3.06 bits per heavy atom. The summed E-state index contributed by atoms with van der Waals surface area (Å²) in [6.07, 6.45) is 10.3. The Labute approximate surface area is 106 Å². The number of carbonyl (C=O) groups is 1. The van der Waals surface area contributed by atoms with Crippen molar-refractivity contribution < 1.29 is 9.53 Å². The first kappa shape index (κ1) is 11.3. The summed E-state index contributed by atoms with van der Waals surface area (Å²) in [7, 11) is 0. The van der Waals surface area contributed by atoms with Crippen LogP contribution in [0.4, 0.5) is 0 Å². The van der Waals surface area contributed by atoms with Crippen LogP contribution in [0.15, 0.2) is 24.1 Å². The Kier molecular flexibility index (Phi) is 2.78. The third-order valence-electron chi connectivity index (χ3n) is 3.45. The topological polar surface area (TPSA) is 44.1 Å². The number of hydrogen-bond donors (Lipinski definition) is 0. The first-order valence-corrected chi connectivity index (χ1v) is 6.44. The van der Waals surface area contributed by atoms with E-state index in [2.05, 4.69) is 17.1 Å². The molecule has 0 aromatic carbocycles. The number of allylic oxidation sites excluding steroid dienone is 4. The van der Waals surface area contributed by atoms with E-state index in [-0.39, 0.29) is 5.97 Å². The number of aromatic nitrogens is 2. The van der Waals surface area contributed by atoms with Crippen molar-refractivity contribution in [3.8, 4) is 0 Å². The molecule has 94 valence electrons. The number of imidazole rings is 1. The van der Waals surface area contributed by atoms with Crippen LogP contribution in [0.5, 0.6) is 0 Å². The molecule has 0 saturated carbocycles. The molecule has 2 aliphatic rings. The van der Waals surface area contributed by atoms with Crippen LogP contribution in [-0.4, -0.2) is 22.1 Å². The van der Waals surface area contributed by atoms with Gasteiger partial charge in [0, 0.05) is 5.70 Å². The van der Waals surface area contributed by atoms with E-state index >= 15 is 0 Å². The van der Waals surface area contributed by atoms with Crippen molar-refractivity contribution in [2.75, 3.05) is 6.61 Å². The number of carbonyl (C=O) groups excluding carboxylic acids is 1. The minimum absolute atomic E-state index is 0.310. The van der Waals surface area contributed by atoms with Gasteiger partial charge >= 0.3 is 5.97 Å². The summed E-state index contributed by atoms with van der Waals surface area (Å²) in [5.74, 6) is -0.310. The highest BCUT2D eigenvalue weighted by Gasteiger charge is 2.26. The van der Waals surface area contributed by atoms with Crippen LogP contribution in [0.25, 0.3) is 5.70 Å². The van der Waals surface area contributed by atoms with Crippen LogP contribution in [0.1, 0.15) is 42.4 Å². The zero-order valence-electron chi connectivity index (χ0n) is 10.5. The SMILES string of the molecule is CCOC(=O)c1ncn2c1CCC1=CCCC=C12. The molecule has 0 bridgehead atoms. The van der Waals surface area contributed by atoms with Crippen molar-refractivity contribution in [3.05, 3.63) is 35.4 Å². The minimum Gasteiger partial charge on any atom is -0.461 e. The average molecular weight is 244 g/mol. The van der Waals surface area contributed by atoms with Crippen molar-refractivity contribution >= 4 is 11.7 Å². The highest BCUT2D eigenvalue weighted by molar-refractivity contribution is 5.89. The molecule has 0 atom stereocenters. The third kappa shape index (κ3) is 1.68. The lowest BCUT2D eigenvalue weighted by molar-refractivity contribution is 0.0518. The summed E-state index contributed by atoms with van der Waals surface area (Å²) in [4.78, 5) is 16.0. The summed E-state index contributed by atoms with van der Waals surface area (Å²) in [5, 5.41) is 0. The Morgan fingerprint density at radius 2 is 2.22 bits per heavy atom.